The molecule has 0 amide bonds. The minimum Gasteiger partial charge on any atom is -0.379 e. The number of aliphatic imine (C=N–C) groups is 1. The van der Waals surface area contributed by atoms with Gasteiger partial charge in [-0.05, 0) is 6.08 Å². The van der Waals surface area contributed by atoms with Crippen LogP contribution < -0.4 is 5.73 Å². The van der Waals surface area contributed by atoms with Crippen LogP contribution >= 0.6 is 0 Å². The number of hydrogen-bond acceptors (Lipinski definition) is 8. The summed E-state index contributed by atoms with van der Waals surface area (Å²) >= 11 is 0. The first-order chi connectivity index (χ1) is 12.3. The van der Waals surface area contributed by atoms with Crippen LogP contribution in [0.4, 0.5) is 5.95 Å². The molecule has 0 spiro atoms. The highest BCUT2D eigenvalue weighted by Crippen LogP contribution is 2.25. The van der Waals surface area contributed by atoms with Crippen molar-refractivity contribution in [2.75, 3.05) is 58.3 Å². The smallest absolute Gasteiger partial charge is 0.219 e. The minimum atomic E-state index is 0.124. The zero-order chi connectivity index (χ0) is 17.1. The number of morpholine rings is 2. The lowest BCUT2D eigenvalue weighted by Gasteiger charge is -2.38. The Kier molecular flexibility index (Phi) is 4.91. The van der Waals surface area contributed by atoms with E-state index in [2.05, 4.69) is 25.8 Å². The number of ether oxygens (including phenoxy) is 2. The van der Waals surface area contributed by atoms with E-state index in [1.54, 1.807) is 12.4 Å². The molecular formula is C17H24N6O2. The number of anilines is 1. The fourth-order valence-electron chi connectivity index (χ4n) is 3.43. The summed E-state index contributed by atoms with van der Waals surface area (Å²) < 4.78 is 11.0. The fraction of sp³-hybridized carbons (Fsp3) is 0.588. The second-order valence-corrected chi connectivity index (χ2v) is 6.41. The average Bonchev–Trinajstić information content (AvgIpc) is 2.69. The molecule has 2 N–H and O–H groups in total. The molecule has 2 fully saturated rings. The monoisotopic (exact) mass is 344 g/mol. The van der Waals surface area contributed by atoms with Crippen LogP contribution in [0, 0.1) is 0 Å². The molecule has 0 aromatic carbocycles. The SMILES string of the molecule is Nc1ncc(C2=NC(N3CCOCC3)CC(N3CCOCC3)=C2)cn1. The molecule has 1 aromatic rings. The fourth-order valence-corrected chi connectivity index (χ4v) is 3.43. The summed E-state index contributed by atoms with van der Waals surface area (Å²) in [6.45, 7) is 6.76. The molecule has 4 rings (SSSR count). The Labute approximate surface area is 147 Å². The van der Waals surface area contributed by atoms with E-state index in [9.17, 15) is 0 Å². The zero-order valence-electron chi connectivity index (χ0n) is 14.3. The number of nitrogens with zero attached hydrogens (tertiary/aromatic N) is 5. The van der Waals surface area contributed by atoms with E-state index in [1.807, 2.05) is 0 Å². The van der Waals surface area contributed by atoms with Gasteiger partial charge in [0, 0.05) is 56.3 Å². The van der Waals surface area contributed by atoms with Crippen molar-refractivity contribution in [1.82, 2.24) is 19.8 Å². The van der Waals surface area contributed by atoms with Gasteiger partial charge in [-0.3, -0.25) is 9.89 Å². The number of hydrogen-bond donors (Lipinski definition) is 1. The van der Waals surface area contributed by atoms with Gasteiger partial charge in [0.1, 0.15) is 6.17 Å². The molecule has 0 saturated carbocycles. The second-order valence-electron chi connectivity index (χ2n) is 6.41. The number of nitrogens with two attached hydrogens (primary N) is 1. The summed E-state index contributed by atoms with van der Waals surface area (Å²) in [6.07, 6.45) is 6.70. The predicted molar refractivity (Wildman–Crippen MR) is 94.3 cm³/mol. The maximum atomic E-state index is 5.62. The topological polar surface area (TPSA) is 89.1 Å². The Balaban J connectivity index is 1.62. The Morgan fingerprint density at radius 1 is 0.960 bits per heavy atom. The lowest BCUT2D eigenvalue weighted by Crippen LogP contribution is -2.46. The number of rotatable bonds is 3. The molecule has 1 aromatic heterocycles. The van der Waals surface area contributed by atoms with Crippen molar-refractivity contribution in [3.8, 4) is 0 Å². The van der Waals surface area contributed by atoms with E-state index in [1.165, 1.54) is 5.70 Å². The zero-order valence-corrected chi connectivity index (χ0v) is 14.3. The van der Waals surface area contributed by atoms with Gasteiger partial charge in [0.05, 0.1) is 32.1 Å². The molecule has 3 aliphatic rings. The van der Waals surface area contributed by atoms with E-state index < -0.39 is 0 Å². The van der Waals surface area contributed by atoms with Crippen molar-refractivity contribution >= 4 is 11.7 Å². The normalized spacial score (nSPS) is 25.4. The van der Waals surface area contributed by atoms with Crippen LogP contribution in [0.3, 0.4) is 0 Å². The van der Waals surface area contributed by atoms with Crippen molar-refractivity contribution in [2.24, 2.45) is 4.99 Å². The third-order valence-electron chi connectivity index (χ3n) is 4.84. The van der Waals surface area contributed by atoms with Crippen LogP contribution in [0.1, 0.15) is 12.0 Å². The molecule has 3 aliphatic heterocycles. The van der Waals surface area contributed by atoms with Gasteiger partial charge in [-0.15, -0.1) is 0 Å². The van der Waals surface area contributed by atoms with Crippen molar-refractivity contribution in [1.29, 1.82) is 0 Å². The molecule has 134 valence electrons. The predicted octanol–water partition coefficient (Wildman–Crippen LogP) is 0.126. The van der Waals surface area contributed by atoms with E-state index in [0.717, 1.165) is 70.3 Å². The maximum absolute atomic E-state index is 5.62. The number of aromatic nitrogens is 2. The summed E-state index contributed by atoms with van der Waals surface area (Å²) in [4.78, 5) is 18.0. The molecule has 8 nitrogen and oxygen atoms in total. The van der Waals surface area contributed by atoms with Crippen LogP contribution in [0.5, 0.6) is 0 Å². The molecular weight excluding hydrogens is 320 g/mol. The number of allylic oxidation sites excluding steroid dienone is 1. The highest BCUT2D eigenvalue weighted by molar-refractivity contribution is 6.09. The molecule has 0 aliphatic carbocycles. The Morgan fingerprint density at radius 3 is 2.28 bits per heavy atom. The van der Waals surface area contributed by atoms with Crippen LogP contribution in [-0.2, 0) is 9.47 Å². The van der Waals surface area contributed by atoms with Crippen LogP contribution in [0.2, 0.25) is 0 Å². The van der Waals surface area contributed by atoms with Gasteiger partial charge < -0.3 is 20.1 Å². The van der Waals surface area contributed by atoms with E-state index in [4.69, 9.17) is 20.2 Å². The molecule has 25 heavy (non-hydrogen) atoms. The van der Waals surface area contributed by atoms with Crippen molar-refractivity contribution < 1.29 is 9.47 Å². The second kappa shape index (κ2) is 7.47. The molecule has 0 bridgehead atoms. The third kappa shape index (κ3) is 3.81. The summed E-state index contributed by atoms with van der Waals surface area (Å²) in [5, 5.41) is 0. The summed E-state index contributed by atoms with van der Waals surface area (Å²) in [5.74, 6) is 0.280. The average molecular weight is 344 g/mol. The molecule has 1 atom stereocenters. The van der Waals surface area contributed by atoms with Crippen LogP contribution in [-0.4, -0.2) is 84.3 Å². The lowest BCUT2D eigenvalue weighted by atomic mass is 10.0. The van der Waals surface area contributed by atoms with Crippen molar-refractivity contribution in [3.63, 3.8) is 0 Å². The van der Waals surface area contributed by atoms with Crippen molar-refractivity contribution in [2.45, 2.75) is 12.6 Å². The molecule has 4 heterocycles. The van der Waals surface area contributed by atoms with Gasteiger partial charge >= 0.3 is 0 Å². The minimum absolute atomic E-state index is 0.124. The van der Waals surface area contributed by atoms with Gasteiger partial charge in [0.15, 0.2) is 0 Å². The summed E-state index contributed by atoms with van der Waals surface area (Å²) in [5.41, 5.74) is 8.75. The molecule has 2 saturated heterocycles. The van der Waals surface area contributed by atoms with Crippen LogP contribution in [0.25, 0.3) is 0 Å². The highest BCUT2D eigenvalue weighted by atomic mass is 16.5. The first kappa shape index (κ1) is 16.4. The Bertz CT molecular complexity index is 648. The molecule has 0 radical (unpaired) electrons. The van der Waals surface area contributed by atoms with Gasteiger partial charge in [-0.2, -0.15) is 0 Å². The standard InChI is InChI=1S/C17H24N6O2/c18-17-19-11-13(12-20-17)15-9-14(22-1-5-24-6-2-22)10-16(21-15)23-3-7-25-8-4-23/h9,11-12,16H,1-8,10H2,(H2,18,19,20). The first-order valence-electron chi connectivity index (χ1n) is 8.80. The number of nitrogen functional groups attached to an aromatic ring is 1. The molecule has 1 unspecified atom stereocenters. The lowest BCUT2D eigenvalue weighted by molar-refractivity contribution is 0.0136. The van der Waals surface area contributed by atoms with Gasteiger partial charge in [-0.25, -0.2) is 9.97 Å². The largest absolute Gasteiger partial charge is 0.379 e. The first-order valence-corrected chi connectivity index (χ1v) is 8.80. The van der Waals surface area contributed by atoms with Crippen molar-refractivity contribution in [3.05, 3.63) is 29.7 Å². The van der Waals surface area contributed by atoms with E-state index in [-0.39, 0.29) is 12.1 Å². The highest BCUT2D eigenvalue weighted by Gasteiger charge is 2.28. The summed E-state index contributed by atoms with van der Waals surface area (Å²) in [7, 11) is 0. The quantitative estimate of drug-likeness (QED) is 0.833. The summed E-state index contributed by atoms with van der Waals surface area (Å²) in [6, 6.07) is 0. The van der Waals surface area contributed by atoms with Gasteiger partial charge in [-0.1, -0.05) is 0 Å². The number of dihydropyridines is 1. The third-order valence-corrected chi connectivity index (χ3v) is 4.84. The maximum Gasteiger partial charge on any atom is 0.219 e. The molecule has 8 heteroatoms. The van der Waals surface area contributed by atoms with Gasteiger partial charge in [0.25, 0.3) is 0 Å². The Morgan fingerprint density at radius 2 is 1.60 bits per heavy atom. The Hall–Kier alpha value is -2.03. The van der Waals surface area contributed by atoms with E-state index in [0.29, 0.717) is 0 Å². The van der Waals surface area contributed by atoms with E-state index >= 15 is 0 Å². The van der Waals surface area contributed by atoms with Gasteiger partial charge in [0.2, 0.25) is 5.95 Å². The van der Waals surface area contributed by atoms with Crippen LogP contribution in [0.15, 0.2) is 29.2 Å².